The number of rotatable bonds is 6. The molecule has 1 N–H and O–H groups in total. The van der Waals surface area contributed by atoms with E-state index in [1.165, 1.54) is 0 Å². The molecule has 0 bridgehead atoms. The molecule has 0 spiro atoms. The first kappa shape index (κ1) is 15.6. The molecule has 1 aromatic carbocycles. The van der Waals surface area contributed by atoms with Gasteiger partial charge in [0.1, 0.15) is 11.6 Å². The van der Waals surface area contributed by atoms with E-state index in [1.807, 2.05) is 25.2 Å². The highest BCUT2D eigenvalue weighted by molar-refractivity contribution is 6.30. The van der Waals surface area contributed by atoms with Gasteiger partial charge < -0.3 is 10.2 Å². The maximum Gasteiger partial charge on any atom is 0.149 e. The minimum atomic E-state index is 0.166. The summed E-state index contributed by atoms with van der Waals surface area (Å²) in [7, 11) is 2.01. The van der Waals surface area contributed by atoms with Crippen LogP contribution in [-0.4, -0.2) is 23.6 Å². The lowest BCUT2D eigenvalue weighted by Crippen LogP contribution is -2.23. The van der Waals surface area contributed by atoms with Gasteiger partial charge in [-0.1, -0.05) is 30.7 Å². The predicted octanol–water partition coefficient (Wildman–Crippen LogP) is 4.15. The van der Waals surface area contributed by atoms with Gasteiger partial charge in [0.15, 0.2) is 0 Å². The summed E-state index contributed by atoms with van der Waals surface area (Å²) in [6.07, 6.45) is 4.58. The molecule has 112 valence electrons. The molecule has 0 aliphatic carbocycles. The number of benzene rings is 1. The van der Waals surface area contributed by atoms with Crippen molar-refractivity contribution >= 4 is 23.2 Å². The second-order valence-electron chi connectivity index (χ2n) is 5.03. The van der Waals surface area contributed by atoms with Crippen LogP contribution in [-0.2, 0) is 0 Å². The molecule has 1 heterocycles. The lowest BCUT2D eigenvalue weighted by atomic mass is 10.1. The molecule has 5 heteroatoms. The Morgan fingerprint density at radius 1 is 1.33 bits per heavy atom. The minimum absolute atomic E-state index is 0.166. The largest absolute Gasteiger partial charge is 0.369 e. The van der Waals surface area contributed by atoms with Crippen LogP contribution in [0.1, 0.15) is 31.9 Å². The first-order chi connectivity index (χ1) is 10.1. The molecule has 2 rings (SSSR count). The lowest BCUT2D eigenvalue weighted by molar-refractivity contribution is 0.726. The molecule has 0 fully saturated rings. The summed E-state index contributed by atoms with van der Waals surface area (Å²) in [5.74, 6) is 1.64. The Balaban J connectivity index is 2.17. The van der Waals surface area contributed by atoms with Gasteiger partial charge in [0.05, 0.1) is 18.4 Å². The van der Waals surface area contributed by atoms with Gasteiger partial charge in [-0.2, -0.15) is 0 Å². The van der Waals surface area contributed by atoms with Gasteiger partial charge in [0.2, 0.25) is 0 Å². The highest BCUT2D eigenvalue weighted by atomic mass is 35.5. The van der Waals surface area contributed by atoms with E-state index >= 15 is 0 Å². The summed E-state index contributed by atoms with van der Waals surface area (Å²) >= 11 is 6.07. The summed E-state index contributed by atoms with van der Waals surface area (Å²) in [6.45, 7) is 5.14. The number of nitrogens with zero attached hydrogens (tertiary/aromatic N) is 3. The number of hydrogen-bond acceptors (Lipinski definition) is 4. The van der Waals surface area contributed by atoms with E-state index in [9.17, 15) is 0 Å². The molecule has 21 heavy (non-hydrogen) atoms. The molecule has 0 aliphatic rings. The molecule has 1 aromatic heterocycles. The van der Waals surface area contributed by atoms with Crippen molar-refractivity contribution in [2.45, 2.75) is 26.3 Å². The fraction of sp³-hybridized carbons (Fsp3) is 0.375. The van der Waals surface area contributed by atoms with Crippen LogP contribution in [0.15, 0.2) is 36.7 Å². The average Bonchev–Trinajstić information content (AvgIpc) is 2.51. The van der Waals surface area contributed by atoms with Gasteiger partial charge in [-0.25, -0.2) is 4.98 Å². The zero-order valence-electron chi connectivity index (χ0n) is 12.7. The number of hydrogen-bond donors (Lipinski definition) is 1. The molecular formula is C16H21ClN4. The van der Waals surface area contributed by atoms with Gasteiger partial charge in [-0.3, -0.25) is 4.98 Å². The van der Waals surface area contributed by atoms with Crippen LogP contribution in [0, 0.1) is 0 Å². The van der Waals surface area contributed by atoms with Gasteiger partial charge >= 0.3 is 0 Å². The van der Waals surface area contributed by atoms with Crippen LogP contribution in [0.25, 0.3) is 0 Å². The molecular weight excluding hydrogens is 284 g/mol. The zero-order chi connectivity index (χ0) is 15.2. The van der Waals surface area contributed by atoms with E-state index in [0.717, 1.165) is 35.2 Å². The SMILES string of the molecule is CCCNc1cncc(N(C)C(C)c2cccc(Cl)c2)n1. The van der Waals surface area contributed by atoms with Crippen molar-refractivity contribution in [3.63, 3.8) is 0 Å². The summed E-state index contributed by atoms with van der Waals surface area (Å²) in [4.78, 5) is 11.0. The van der Waals surface area contributed by atoms with E-state index in [0.29, 0.717) is 0 Å². The molecule has 0 saturated heterocycles. The fourth-order valence-electron chi connectivity index (χ4n) is 2.05. The van der Waals surface area contributed by atoms with Crippen LogP contribution in [0.4, 0.5) is 11.6 Å². The number of aromatic nitrogens is 2. The Morgan fingerprint density at radius 3 is 2.86 bits per heavy atom. The molecule has 0 amide bonds. The van der Waals surface area contributed by atoms with Crippen molar-refractivity contribution in [3.05, 3.63) is 47.2 Å². The van der Waals surface area contributed by atoms with Gasteiger partial charge in [-0.15, -0.1) is 0 Å². The first-order valence-electron chi connectivity index (χ1n) is 7.16. The van der Waals surface area contributed by atoms with Crippen molar-refractivity contribution in [3.8, 4) is 0 Å². The molecule has 0 aliphatic heterocycles. The first-order valence-corrected chi connectivity index (χ1v) is 7.53. The van der Waals surface area contributed by atoms with Crippen molar-refractivity contribution in [2.24, 2.45) is 0 Å². The monoisotopic (exact) mass is 304 g/mol. The van der Waals surface area contributed by atoms with Crippen LogP contribution in [0.3, 0.4) is 0 Å². The number of anilines is 2. The normalized spacial score (nSPS) is 12.0. The summed E-state index contributed by atoms with van der Waals surface area (Å²) in [5, 5.41) is 4.00. The van der Waals surface area contributed by atoms with E-state index in [2.05, 4.69) is 40.1 Å². The third kappa shape index (κ3) is 4.08. The fourth-order valence-corrected chi connectivity index (χ4v) is 2.25. The maximum atomic E-state index is 6.07. The topological polar surface area (TPSA) is 41.1 Å². The number of halogens is 1. The Morgan fingerprint density at radius 2 is 2.14 bits per heavy atom. The number of nitrogens with one attached hydrogen (secondary N) is 1. The van der Waals surface area contributed by atoms with Crippen molar-refractivity contribution in [1.82, 2.24) is 9.97 Å². The van der Waals surface area contributed by atoms with Crippen molar-refractivity contribution in [2.75, 3.05) is 23.8 Å². The minimum Gasteiger partial charge on any atom is -0.369 e. The van der Waals surface area contributed by atoms with Gasteiger partial charge in [0.25, 0.3) is 0 Å². The third-order valence-electron chi connectivity index (χ3n) is 3.45. The van der Waals surface area contributed by atoms with E-state index in [1.54, 1.807) is 12.4 Å². The van der Waals surface area contributed by atoms with Crippen molar-refractivity contribution < 1.29 is 0 Å². The second-order valence-corrected chi connectivity index (χ2v) is 5.47. The maximum absolute atomic E-state index is 6.07. The smallest absolute Gasteiger partial charge is 0.149 e. The summed E-state index contributed by atoms with van der Waals surface area (Å²) in [5.41, 5.74) is 1.15. The summed E-state index contributed by atoms with van der Waals surface area (Å²) in [6, 6.07) is 8.06. The van der Waals surface area contributed by atoms with Crippen LogP contribution < -0.4 is 10.2 Å². The Hall–Kier alpha value is -1.81. The molecule has 2 aromatic rings. The predicted molar refractivity (Wildman–Crippen MR) is 89.1 cm³/mol. The quantitative estimate of drug-likeness (QED) is 0.870. The van der Waals surface area contributed by atoms with E-state index < -0.39 is 0 Å². The molecule has 0 radical (unpaired) electrons. The Labute approximate surface area is 131 Å². The molecule has 4 nitrogen and oxygen atoms in total. The van der Waals surface area contributed by atoms with E-state index in [-0.39, 0.29) is 6.04 Å². The van der Waals surface area contributed by atoms with Gasteiger partial charge in [-0.05, 0) is 31.0 Å². The van der Waals surface area contributed by atoms with Crippen molar-refractivity contribution in [1.29, 1.82) is 0 Å². The Kier molecular flexibility index (Phi) is 5.39. The second kappa shape index (κ2) is 7.27. The van der Waals surface area contributed by atoms with Crippen LogP contribution >= 0.6 is 11.6 Å². The zero-order valence-corrected chi connectivity index (χ0v) is 13.4. The summed E-state index contributed by atoms with van der Waals surface area (Å²) < 4.78 is 0. The molecule has 0 saturated carbocycles. The Bertz CT molecular complexity index is 588. The highest BCUT2D eigenvalue weighted by Gasteiger charge is 2.14. The molecule has 1 unspecified atom stereocenters. The standard InChI is InChI=1S/C16H21ClN4/c1-4-8-19-15-10-18-11-16(20-15)21(3)12(2)13-6-5-7-14(17)9-13/h5-7,9-12H,4,8H2,1-3H3,(H,19,20). The molecule has 1 atom stereocenters. The third-order valence-corrected chi connectivity index (χ3v) is 3.69. The van der Waals surface area contributed by atoms with Crippen LogP contribution in [0.5, 0.6) is 0 Å². The van der Waals surface area contributed by atoms with Gasteiger partial charge in [0, 0.05) is 18.6 Å². The highest BCUT2D eigenvalue weighted by Crippen LogP contribution is 2.25. The average molecular weight is 305 g/mol. The van der Waals surface area contributed by atoms with E-state index in [4.69, 9.17) is 11.6 Å². The lowest BCUT2D eigenvalue weighted by Gasteiger charge is -2.26. The van der Waals surface area contributed by atoms with Crippen LogP contribution in [0.2, 0.25) is 5.02 Å².